The number of aryl methyl sites for hydroxylation is 1. The molecular formula is C9H11N3O. The zero-order chi connectivity index (χ0) is 9.26. The van der Waals surface area contributed by atoms with E-state index >= 15 is 0 Å². The molecule has 0 fully saturated rings. The second kappa shape index (κ2) is 3.08. The zero-order valence-electron chi connectivity index (χ0n) is 7.31. The van der Waals surface area contributed by atoms with Crippen LogP contribution < -0.4 is 10.5 Å². The summed E-state index contributed by atoms with van der Waals surface area (Å²) in [5.41, 5.74) is 4.89. The lowest BCUT2D eigenvalue weighted by Gasteiger charge is -2.18. The van der Waals surface area contributed by atoms with Gasteiger partial charge < -0.3 is 0 Å². The van der Waals surface area contributed by atoms with Crippen LogP contribution in [0.2, 0.25) is 0 Å². The van der Waals surface area contributed by atoms with Gasteiger partial charge in [0.2, 0.25) is 0 Å². The summed E-state index contributed by atoms with van der Waals surface area (Å²) in [4.78, 5) is 0. The quantitative estimate of drug-likeness (QED) is 0.680. The first-order valence-electron chi connectivity index (χ1n) is 4.04. The van der Waals surface area contributed by atoms with Crippen molar-refractivity contribution < 1.29 is 5.21 Å². The summed E-state index contributed by atoms with van der Waals surface area (Å²) >= 11 is 0. The topological polar surface area (TPSA) is 38.7 Å². The van der Waals surface area contributed by atoms with Crippen LogP contribution in [-0.2, 0) is 0 Å². The van der Waals surface area contributed by atoms with Gasteiger partial charge in [-0.25, -0.2) is 0 Å². The molecule has 1 heterocycles. The van der Waals surface area contributed by atoms with Gasteiger partial charge in [-0.05, 0) is 24.6 Å². The third kappa shape index (κ3) is 1.63. The number of hydroxylamine groups is 1. The molecule has 1 aliphatic heterocycles. The highest BCUT2D eigenvalue weighted by Gasteiger charge is 2.10. The first-order chi connectivity index (χ1) is 6.25. The number of hydrogen-bond donors (Lipinski definition) is 2. The molecule has 0 amide bonds. The van der Waals surface area contributed by atoms with E-state index in [1.165, 1.54) is 11.8 Å². The zero-order valence-corrected chi connectivity index (χ0v) is 7.31. The smallest absolute Gasteiger partial charge is 0.0657 e. The van der Waals surface area contributed by atoms with E-state index in [9.17, 15) is 0 Å². The Bertz CT molecular complexity index is 337. The third-order valence-electron chi connectivity index (χ3n) is 1.85. The molecule has 0 spiro atoms. The summed E-state index contributed by atoms with van der Waals surface area (Å²) in [6, 6.07) is 7.99. The maximum Gasteiger partial charge on any atom is 0.0657 e. The monoisotopic (exact) mass is 177 g/mol. The van der Waals surface area contributed by atoms with Crippen molar-refractivity contribution in [2.45, 2.75) is 6.92 Å². The average Bonchev–Trinajstić information content (AvgIpc) is 2.52. The molecule has 0 saturated carbocycles. The molecule has 0 radical (unpaired) electrons. The Labute approximate surface area is 76.6 Å². The predicted octanol–water partition coefficient (Wildman–Crippen LogP) is 1.40. The second-order valence-corrected chi connectivity index (χ2v) is 2.95. The lowest BCUT2D eigenvalue weighted by Crippen LogP contribution is -2.37. The summed E-state index contributed by atoms with van der Waals surface area (Å²) < 4.78 is 0. The normalized spacial score (nSPS) is 15.5. The molecule has 0 saturated heterocycles. The van der Waals surface area contributed by atoms with Gasteiger partial charge in [0.15, 0.2) is 0 Å². The Hall–Kier alpha value is -1.52. The maximum atomic E-state index is 9.02. The van der Waals surface area contributed by atoms with Gasteiger partial charge in [-0.2, -0.15) is 5.17 Å². The number of hydrogen-bond acceptors (Lipinski definition) is 4. The van der Waals surface area contributed by atoms with Crippen LogP contribution >= 0.6 is 0 Å². The second-order valence-electron chi connectivity index (χ2n) is 2.95. The van der Waals surface area contributed by atoms with Crippen molar-refractivity contribution in [1.29, 1.82) is 0 Å². The van der Waals surface area contributed by atoms with E-state index in [0.29, 0.717) is 0 Å². The lowest BCUT2D eigenvalue weighted by atomic mass is 10.2. The molecule has 0 atom stereocenters. The number of anilines is 1. The van der Waals surface area contributed by atoms with Crippen molar-refractivity contribution in [3.8, 4) is 0 Å². The molecule has 68 valence electrons. The molecule has 2 rings (SSSR count). The molecule has 4 nitrogen and oxygen atoms in total. The van der Waals surface area contributed by atoms with Crippen molar-refractivity contribution in [3.05, 3.63) is 42.2 Å². The highest BCUT2D eigenvalue weighted by molar-refractivity contribution is 5.50. The Balaban J connectivity index is 2.22. The molecule has 1 aliphatic rings. The van der Waals surface area contributed by atoms with Crippen molar-refractivity contribution in [2.24, 2.45) is 0 Å². The molecule has 0 bridgehead atoms. The van der Waals surface area contributed by atoms with Gasteiger partial charge in [-0.3, -0.25) is 10.2 Å². The first-order valence-corrected chi connectivity index (χ1v) is 4.04. The van der Waals surface area contributed by atoms with Crippen LogP contribution in [0.5, 0.6) is 0 Å². The van der Waals surface area contributed by atoms with Crippen LogP contribution in [0.15, 0.2) is 36.7 Å². The van der Waals surface area contributed by atoms with E-state index in [-0.39, 0.29) is 0 Å². The molecule has 0 aromatic heterocycles. The van der Waals surface area contributed by atoms with Gasteiger partial charge in [0.1, 0.15) is 0 Å². The minimum Gasteiger partial charge on any atom is -0.272 e. The van der Waals surface area contributed by atoms with E-state index in [1.54, 1.807) is 11.2 Å². The summed E-state index contributed by atoms with van der Waals surface area (Å²) in [7, 11) is 0. The van der Waals surface area contributed by atoms with Crippen molar-refractivity contribution >= 4 is 5.69 Å². The summed E-state index contributed by atoms with van der Waals surface area (Å²) in [6.07, 6.45) is 3.27. The van der Waals surface area contributed by atoms with E-state index in [0.717, 1.165) is 10.9 Å². The van der Waals surface area contributed by atoms with Crippen molar-refractivity contribution in [3.63, 3.8) is 0 Å². The van der Waals surface area contributed by atoms with Gasteiger partial charge in [0.05, 0.1) is 11.9 Å². The Morgan fingerprint density at radius 1 is 1.31 bits per heavy atom. The Morgan fingerprint density at radius 3 is 2.77 bits per heavy atom. The SMILES string of the molecule is Cc1cccc(N2C=CN(O)N2)c1. The first kappa shape index (κ1) is 8.10. The number of rotatable bonds is 1. The summed E-state index contributed by atoms with van der Waals surface area (Å²) in [5, 5.41) is 11.7. The van der Waals surface area contributed by atoms with Gasteiger partial charge in [-0.15, -0.1) is 5.53 Å². The lowest BCUT2D eigenvalue weighted by molar-refractivity contribution is -0.0791. The fourth-order valence-electron chi connectivity index (χ4n) is 1.23. The fourth-order valence-corrected chi connectivity index (χ4v) is 1.23. The van der Waals surface area contributed by atoms with Crippen LogP contribution in [-0.4, -0.2) is 10.4 Å². The molecule has 1 aromatic rings. The Kier molecular flexibility index (Phi) is 1.92. The van der Waals surface area contributed by atoms with E-state index in [4.69, 9.17) is 5.21 Å². The minimum atomic E-state index is 0.905. The van der Waals surface area contributed by atoms with Crippen LogP contribution in [0.4, 0.5) is 5.69 Å². The number of nitrogens with zero attached hydrogens (tertiary/aromatic N) is 2. The number of benzene rings is 1. The number of nitrogens with one attached hydrogen (secondary N) is 1. The summed E-state index contributed by atoms with van der Waals surface area (Å²) in [6.45, 7) is 2.03. The Morgan fingerprint density at radius 2 is 2.15 bits per heavy atom. The molecule has 2 N–H and O–H groups in total. The maximum absolute atomic E-state index is 9.02. The average molecular weight is 177 g/mol. The minimum absolute atomic E-state index is 0.905. The molecule has 0 unspecified atom stereocenters. The molecular weight excluding hydrogens is 166 g/mol. The third-order valence-corrected chi connectivity index (χ3v) is 1.85. The van der Waals surface area contributed by atoms with E-state index in [2.05, 4.69) is 5.53 Å². The molecule has 13 heavy (non-hydrogen) atoms. The highest BCUT2D eigenvalue weighted by atomic mass is 16.6. The molecule has 4 heteroatoms. The van der Waals surface area contributed by atoms with Crippen LogP contribution in [0.3, 0.4) is 0 Å². The highest BCUT2D eigenvalue weighted by Crippen LogP contribution is 2.16. The van der Waals surface area contributed by atoms with Crippen LogP contribution in [0.1, 0.15) is 5.56 Å². The van der Waals surface area contributed by atoms with Gasteiger partial charge in [-0.1, -0.05) is 12.1 Å². The number of hydrazine groups is 2. The van der Waals surface area contributed by atoms with Gasteiger partial charge in [0.25, 0.3) is 0 Å². The van der Waals surface area contributed by atoms with E-state index in [1.807, 2.05) is 31.2 Å². The molecule has 1 aromatic carbocycles. The standard InChI is InChI=1S/C9H11N3O/c1-8-3-2-4-9(7-8)11-5-6-12(13)10-11/h2-7,10,13H,1H3. The van der Waals surface area contributed by atoms with Crippen molar-refractivity contribution in [2.75, 3.05) is 5.01 Å². The molecule has 0 aliphatic carbocycles. The predicted molar refractivity (Wildman–Crippen MR) is 49.6 cm³/mol. The van der Waals surface area contributed by atoms with Crippen molar-refractivity contribution in [1.82, 2.24) is 10.7 Å². The van der Waals surface area contributed by atoms with Gasteiger partial charge in [0, 0.05) is 6.20 Å². The van der Waals surface area contributed by atoms with Crippen LogP contribution in [0.25, 0.3) is 0 Å². The van der Waals surface area contributed by atoms with Crippen LogP contribution in [0, 0.1) is 6.92 Å². The fraction of sp³-hybridized carbons (Fsp3) is 0.111. The van der Waals surface area contributed by atoms with E-state index < -0.39 is 0 Å². The summed E-state index contributed by atoms with van der Waals surface area (Å²) in [5.74, 6) is 0. The largest absolute Gasteiger partial charge is 0.272 e. The van der Waals surface area contributed by atoms with Gasteiger partial charge >= 0.3 is 0 Å².